The van der Waals surface area contributed by atoms with Crippen LogP contribution in [0.3, 0.4) is 0 Å². The number of anilines is 6. The molecule has 0 saturated carbocycles. The lowest BCUT2D eigenvalue weighted by Gasteiger charge is -2.46. The average molecular weight is 1580 g/mol. The van der Waals surface area contributed by atoms with E-state index in [4.69, 9.17) is 0 Å². The summed E-state index contributed by atoms with van der Waals surface area (Å²) in [5.41, 5.74) is 36.9. The van der Waals surface area contributed by atoms with Crippen LogP contribution in [0.4, 0.5) is 34.1 Å². The van der Waals surface area contributed by atoms with Gasteiger partial charge in [-0.25, -0.2) is 0 Å². The van der Waals surface area contributed by atoms with Crippen molar-refractivity contribution in [3.8, 4) is 123 Å². The molecular formula is C119H85BN4. The third kappa shape index (κ3) is 12.6. The molecule has 23 rings (SSSR count). The molecule has 0 atom stereocenters. The van der Waals surface area contributed by atoms with Crippen LogP contribution < -0.4 is 26.2 Å². The van der Waals surface area contributed by atoms with Gasteiger partial charge in [0, 0.05) is 82.0 Å². The molecule has 5 heteroatoms. The highest BCUT2D eigenvalue weighted by Crippen LogP contribution is 2.56. The molecule has 2 aliphatic rings. The van der Waals surface area contributed by atoms with E-state index in [1.54, 1.807) is 0 Å². The Labute approximate surface area is 728 Å². The minimum Gasteiger partial charge on any atom is -0.310 e. The van der Waals surface area contributed by atoms with Crippen molar-refractivity contribution in [3.63, 3.8) is 0 Å². The van der Waals surface area contributed by atoms with E-state index < -0.39 is 13.6 Å². The van der Waals surface area contributed by atoms with Gasteiger partial charge in [0.1, 0.15) is 0 Å². The monoisotopic (exact) mass is 1580 g/mol. The third-order valence-electron chi connectivity index (χ3n) is 25.7. The van der Waals surface area contributed by atoms with Gasteiger partial charge in [-0.3, -0.25) is 0 Å². The van der Waals surface area contributed by atoms with Crippen molar-refractivity contribution in [2.24, 2.45) is 0 Å². The first kappa shape index (κ1) is 70.3. The van der Waals surface area contributed by atoms with Crippen LogP contribution in [0.2, 0.25) is 0 Å². The molecule has 584 valence electrons. The van der Waals surface area contributed by atoms with Crippen LogP contribution in [0, 0.1) is 6.85 Å². The maximum Gasteiger partial charge on any atom is 0.252 e. The van der Waals surface area contributed by atoms with Crippen LogP contribution in [0.15, 0.2) is 443 Å². The van der Waals surface area contributed by atoms with Crippen molar-refractivity contribution in [3.05, 3.63) is 454 Å². The highest BCUT2D eigenvalue weighted by Gasteiger charge is 2.46. The predicted molar refractivity (Wildman–Crippen MR) is 527 cm³/mol. The lowest BCUT2D eigenvalue weighted by atomic mass is 9.33. The van der Waals surface area contributed by atoms with Crippen LogP contribution in [0.5, 0.6) is 0 Å². The number of para-hydroxylation sites is 3. The van der Waals surface area contributed by atoms with E-state index in [2.05, 4.69) is 470 Å². The quantitative estimate of drug-likeness (QED) is 0.101. The Morgan fingerprint density at radius 2 is 0.532 bits per heavy atom. The molecule has 0 saturated heterocycles. The van der Waals surface area contributed by atoms with Crippen molar-refractivity contribution < 1.29 is 4.11 Å². The van der Waals surface area contributed by atoms with E-state index in [9.17, 15) is 4.11 Å². The molecule has 4 heterocycles. The van der Waals surface area contributed by atoms with Crippen molar-refractivity contribution in [2.45, 2.75) is 33.0 Å². The molecule has 0 amide bonds. The molecule has 4 nitrogen and oxygen atoms in total. The summed E-state index contributed by atoms with van der Waals surface area (Å²) in [7, 11) is 0. The maximum atomic E-state index is 10.2. The lowest BCUT2D eigenvalue weighted by Crippen LogP contribution is -2.61. The van der Waals surface area contributed by atoms with E-state index in [1.165, 1.54) is 0 Å². The molecule has 19 aromatic carbocycles. The van der Waals surface area contributed by atoms with E-state index in [0.29, 0.717) is 0 Å². The third-order valence-corrected chi connectivity index (χ3v) is 25.7. The Morgan fingerprint density at radius 1 is 0.226 bits per heavy atom. The Balaban J connectivity index is 0.851. The predicted octanol–water partition coefficient (Wildman–Crippen LogP) is 30.2. The minimum atomic E-state index is -2.65. The smallest absolute Gasteiger partial charge is 0.252 e. The van der Waals surface area contributed by atoms with Crippen LogP contribution in [0.25, 0.3) is 166 Å². The van der Waals surface area contributed by atoms with E-state index >= 15 is 0 Å². The SMILES string of the molecule is [2H]C([2H])([2H])c1cc2c3c(c1)N(c1c(-c4ccccc4)cc(C(C)(C)C)cc1-c1cccc(-c4cccc(-c5ccccc5)c4)c1)c1cc(-n4c5ccccc5c5cc(-c6ccccc6)ccc54)ccc1B3c1ccc(-n3c4ccccc4c4cc(-c5ccccc5)ccc43)cc1N2c1c(-c2ccccc2)cccc1-c1cccc(-c2cccc(-c3ccccc3)c2)c1. The van der Waals surface area contributed by atoms with Crippen molar-refractivity contribution >= 4 is 101 Å². The van der Waals surface area contributed by atoms with Crippen LogP contribution in [-0.2, 0) is 5.41 Å². The Hall–Kier alpha value is -15.6. The number of hydrogen-bond acceptors (Lipinski definition) is 2. The Bertz CT molecular complexity index is 7910. The number of nitrogens with zero attached hydrogens (tertiary/aromatic N) is 4. The van der Waals surface area contributed by atoms with Gasteiger partial charge in [0.25, 0.3) is 6.71 Å². The fourth-order valence-electron chi connectivity index (χ4n) is 19.8. The van der Waals surface area contributed by atoms with Crippen LogP contribution >= 0.6 is 0 Å². The highest BCUT2D eigenvalue weighted by molar-refractivity contribution is 7.00. The zero-order valence-electron chi connectivity index (χ0n) is 72.0. The number of aryl methyl sites for hydroxylation is 1. The Kier molecular flexibility index (Phi) is 17.0. The fraction of sp³-hybridized carbons (Fsp3) is 0.0420. The van der Waals surface area contributed by atoms with Gasteiger partial charge in [0.15, 0.2) is 0 Å². The molecule has 0 radical (unpaired) electrons. The summed E-state index contributed by atoms with van der Waals surface area (Å²) in [6, 6.07) is 161. The van der Waals surface area contributed by atoms with Crippen molar-refractivity contribution in [2.75, 3.05) is 9.80 Å². The molecule has 124 heavy (non-hydrogen) atoms. The van der Waals surface area contributed by atoms with E-state index in [0.717, 1.165) is 222 Å². The van der Waals surface area contributed by atoms with Gasteiger partial charge in [-0.2, -0.15) is 0 Å². The number of benzene rings is 19. The second kappa shape index (κ2) is 30.0. The molecule has 0 spiro atoms. The van der Waals surface area contributed by atoms with Crippen LogP contribution in [0.1, 0.15) is 36.0 Å². The summed E-state index contributed by atoms with van der Waals surface area (Å²) in [6.07, 6.45) is 0. The first-order chi connectivity index (χ1) is 62.3. The van der Waals surface area contributed by atoms with Crippen molar-refractivity contribution in [1.29, 1.82) is 0 Å². The molecular weight excluding hydrogens is 1500 g/mol. The fourth-order valence-corrected chi connectivity index (χ4v) is 19.8. The van der Waals surface area contributed by atoms with Crippen molar-refractivity contribution in [1.82, 2.24) is 9.13 Å². The highest BCUT2D eigenvalue weighted by atomic mass is 15.2. The summed E-state index contributed by atoms with van der Waals surface area (Å²) >= 11 is 0. The Morgan fingerprint density at radius 3 is 0.944 bits per heavy atom. The summed E-state index contributed by atoms with van der Waals surface area (Å²) in [5.74, 6) is 0. The van der Waals surface area contributed by atoms with E-state index in [-0.39, 0.29) is 11.0 Å². The van der Waals surface area contributed by atoms with Crippen LogP contribution in [-0.4, -0.2) is 15.8 Å². The summed E-state index contributed by atoms with van der Waals surface area (Å²) in [4.78, 5) is 4.99. The van der Waals surface area contributed by atoms with Gasteiger partial charge < -0.3 is 18.9 Å². The van der Waals surface area contributed by atoms with Gasteiger partial charge in [0.05, 0.1) is 33.4 Å². The molecule has 2 aromatic heterocycles. The number of fused-ring (bicyclic) bond motifs is 10. The molecule has 21 aromatic rings. The topological polar surface area (TPSA) is 16.3 Å². The number of hydrogen-bond donors (Lipinski definition) is 0. The molecule has 0 bridgehead atoms. The second-order valence-corrected chi connectivity index (χ2v) is 34.1. The molecule has 0 fully saturated rings. The van der Waals surface area contributed by atoms with Gasteiger partial charge in [-0.05, 0) is 238 Å². The maximum absolute atomic E-state index is 10.2. The lowest BCUT2D eigenvalue weighted by molar-refractivity contribution is 0.591. The number of aromatic nitrogens is 2. The molecule has 2 aliphatic heterocycles. The summed E-state index contributed by atoms with van der Waals surface area (Å²) in [6.45, 7) is 3.78. The van der Waals surface area contributed by atoms with Gasteiger partial charge in [-0.1, -0.05) is 354 Å². The first-order valence-electron chi connectivity index (χ1n) is 44.5. The van der Waals surface area contributed by atoms with Gasteiger partial charge in [-0.15, -0.1) is 0 Å². The molecule has 0 N–H and O–H groups in total. The zero-order chi connectivity index (χ0) is 85.2. The minimum absolute atomic E-state index is 0.205. The molecule has 0 aliphatic carbocycles. The van der Waals surface area contributed by atoms with Gasteiger partial charge >= 0.3 is 0 Å². The number of rotatable bonds is 14. The molecule has 0 unspecified atom stereocenters. The summed E-state index contributed by atoms with van der Waals surface area (Å²) in [5, 5.41) is 4.55. The first-order valence-corrected chi connectivity index (χ1v) is 43.0. The van der Waals surface area contributed by atoms with Gasteiger partial charge in [0.2, 0.25) is 0 Å². The zero-order valence-corrected chi connectivity index (χ0v) is 69.0. The summed E-state index contributed by atoms with van der Waals surface area (Å²) < 4.78 is 35.5. The van der Waals surface area contributed by atoms with E-state index in [1.807, 2.05) is 12.1 Å². The average Bonchev–Trinajstić information content (AvgIpc) is 1.10. The second-order valence-electron chi connectivity index (χ2n) is 34.1. The standard InChI is InChI=1S/C119H85BN4/c1-78-66-114-116-115(67-78)124(118-102(84-42-21-10-22-43-84)74-95(119(2,3)4)75-103(118)94-51-30-49-90(71-94)88-47-28-45-86(69-88)80-34-13-6-14-35-80)113-77-97(122-109-57-26-24-53-101(109)105-73-92(59-65-111(105)122)82-38-17-8-18-39-82)61-63-107(113)120(116)106-62-60-96(121-108-56-25-23-52-100(108)104-72-91(58-64-110(104)121)81-36-15-7-16-37-81)76-112(106)123(114)117-98(83-40-19-9-20-41-83)54-31-55-99(117)93-50-29-48-89(70-93)87-46-27-44-85(68-87)79-32-11-5-12-33-79/h5-77H,1-4H3/i1D3. The largest absolute Gasteiger partial charge is 0.310 e. The normalized spacial score (nSPS) is 12.8.